The van der Waals surface area contributed by atoms with E-state index in [1.54, 1.807) is 55.0 Å². The van der Waals surface area contributed by atoms with Crippen LogP contribution in [-0.2, 0) is 14.4 Å². The van der Waals surface area contributed by atoms with Crippen LogP contribution in [0.4, 0.5) is 25.8 Å². The third-order valence-corrected chi connectivity index (χ3v) is 5.76. The molecule has 3 amide bonds. The number of carbonyl (C=O) groups is 3. The number of para-hydroxylation sites is 2. The summed E-state index contributed by atoms with van der Waals surface area (Å²) in [6.07, 6.45) is 0.145. The Kier molecular flexibility index (Phi) is 8.06. The van der Waals surface area contributed by atoms with Gasteiger partial charge in [-0.15, -0.1) is 0 Å². The SMILES string of the molecule is C[C@@H](C(=O)Nc1ccc(OC(F)F)c(Cl)c1)N(C)CC(=O)N1c2ccccc2NC(=O)C[C@@H]1C. The average molecular weight is 495 g/mol. The molecular formula is C23H25ClF2N4O4. The van der Waals surface area contributed by atoms with Crippen molar-refractivity contribution in [1.82, 2.24) is 4.90 Å². The molecule has 0 fully saturated rings. The van der Waals surface area contributed by atoms with Gasteiger partial charge in [0.2, 0.25) is 17.7 Å². The van der Waals surface area contributed by atoms with Crippen LogP contribution in [-0.4, -0.2) is 54.9 Å². The molecule has 2 N–H and O–H groups in total. The number of hydrogen-bond donors (Lipinski definition) is 2. The molecule has 0 aromatic heterocycles. The van der Waals surface area contributed by atoms with Crippen molar-refractivity contribution in [3.8, 4) is 5.75 Å². The summed E-state index contributed by atoms with van der Waals surface area (Å²) in [7, 11) is 1.63. The number of anilines is 3. The second-order valence-corrected chi connectivity index (χ2v) is 8.39. The van der Waals surface area contributed by atoms with Crippen LogP contribution in [0, 0.1) is 0 Å². The van der Waals surface area contributed by atoms with Crippen molar-refractivity contribution in [3.05, 3.63) is 47.5 Å². The number of ether oxygens (including phenoxy) is 1. The molecular weight excluding hydrogens is 470 g/mol. The number of halogens is 3. The number of rotatable bonds is 7. The van der Waals surface area contributed by atoms with E-state index < -0.39 is 18.6 Å². The van der Waals surface area contributed by atoms with Crippen molar-refractivity contribution >= 4 is 46.4 Å². The number of nitrogens with one attached hydrogen (secondary N) is 2. The van der Waals surface area contributed by atoms with Crippen LogP contribution < -0.4 is 20.3 Å². The predicted octanol–water partition coefficient (Wildman–Crippen LogP) is 3.96. The van der Waals surface area contributed by atoms with Gasteiger partial charge in [-0.3, -0.25) is 19.3 Å². The topological polar surface area (TPSA) is 91.0 Å². The maximum Gasteiger partial charge on any atom is 0.387 e. The van der Waals surface area contributed by atoms with E-state index in [1.807, 2.05) is 0 Å². The molecule has 0 spiro atoms. The van der Waals surface area contributed by atoms with Crippen molar-refractivity contribution in [3.63, 3.8) is 0 Å². The second-order valence-electron chi connectivity index (χ2n) is 7.99. The molecule has 2 aromatic rings. The summed E-state index contributed by atoms with van der Waals surface area (Å²) in [4.78, 5) is 41.2. The first-order valence-electron chi connectivity index (χ1n) is 10.5. The normalized spacial score (nSPS) is 16.5. The highest BCUT2D eigenvalue weighted by Gasteiger charge is 2.31. The molecule has 0 bridgehead atoms. The summed E-state index contributed by atoms with van der Waals surface area (Å²) in [6.45, 7) is 0.324. The number of benzene rings is 2. The molecule has 8 nitrogen and oxygen atoms in total. The monoisotopic (exact) mass is 494 g/mol. The van der Waals surface area contributed by atoms with Crippen molar-refractivity contribution in [2.24, 2.45) is 0 Å². The third kappa shape index (κ3) is 6.00. The number of nitrogens with zero attached hydrogens (tertiary/aromatic N) is 2. The quantitative estimate of drug-likeness (QED) is 0.608. The first-order chi connectivity index (χ1) is 16.1. The highest BCUT2D eigenvalue weighted by Crippen LogP contribution is 2.32. The number of fused-ring (bicyclic) bond motifs is 1. The number of hydrogen-bond acceptors (Lipinski definition) is 5. The van der Waals surface area contributed by atoms with Gasteiger partial charge in [-0.2, -0.15) is 8.78 Å². The van der Waals surface area contributed by atoms with E-state index in [0.29, 0.717) is 17.1 Å². The lowest BCUT2D eigenvalue weighted by Crippen LogP contribution is -2.48. The lowest BCUT2D eigenvalue weighted by molar-refractivity contribution is -0.123. The van der Waals surface area contributed by atoms with Gasteiger partial charge < -0.3 is 20.3 Å². The van der Waals surface area contributed by atoms with E-state index in [9.17, 15) is 23.2 Å². The van der Waals surface area contributed by atoms with Gasteiger partial charge in [-0.25, -0.2) is 0 Å². The lowest BCUT2D eigenvalue weighted by atomic mass is 10.1. The van der Waals surface area contributed by atoms with Gasteiger partial charge in [0.05, 0.1) is 29.0 Å². The highest BCUT2D eigenvalue weighted by molar-refractivity contribution is 6.32. The molecule has 0 radical (unpaired) electrons. The molecule has 1 aliphatic heterocycles. The molecule has 2 aromatic carbocycles. The number of likely N-dealkylation sites (N-methyl/N-ethyl adjacent to an activating group) is 1. The van der Waals surface area contributed by atoms with Crippen LogP contribution in [0.25, 0.3) is 0 Å². The summed E-state index contributed by atoms with van der Waals surface area (Å²) >= 11 is 5.93. The molecule has 0 unspecified atom stereocenters. The number of carbonyl (C=O) groups excluding carboxylic acids is 3. The van der Waals surface area contributed by atoms with Crippen molar-refractivity contribution in [1.29, 1.82) is 0 Å². The molecule has 34 heavy (non-hydrogen) atoms. The van der Waals surface area contributed by atoms with Crippen LogP contribution in [0.2, 0.25) is 5.02 Å². The van der Waals surface area contributed by atoms with E-state index in [4.69, 9.17) is 11.6 Å². The summed E-state index contributed by atoms with van der Waals surface area (Å²) < 4.78 is 29.1. The molecule has 182 valence electrons. The molecule has 3 rings (SSSR count). The third-order valence-electron chi connectivity index (χ3n) is 5.47. The van der Waals surface area contributed by atoms with Gasteiger partial charge in [0.25, 0.3) is 0 Å². The lowest BCUT2D eigenvalue weighted by Gasteiger charge is -2.31. The van der Waals surface area contributed by atoms with E-state index in [-0.39, 0.29) is 41.6 Å². The highest BCUT2D eigenvalue weighted by atomic mass is 35.5. The van der Waals surface area contributed by atoms with Crippen molar-refractivity contribution < 1.29 is 27.9 Å². The van der Waals surface area contributed by atoms with Crippen LogP contribution >= 0.6 is 11.6 Å². The second kappa shape index (κ2) is 10.8. The summed E-state index contributed by atoms with van der Waals surface area (Å²) in [5.74, 6) is -1.07. The first-order valence-corrected chi connectivity index (χ1v) is 10.9. The Balaban J connectivity index is 1.67. The van der Waals surface area contributed by atoms with Gasteiger partial charge >= 0.3 is 6.61 Å². The fraction of sp³-hybridized carbons (Fsp3) is 0.348. The Morgan fingerprint density at radius 3 is 2.68 bits per heavy atom. The first kappa shape index (κ1) is 25.4. The largest absolute Gasteiger partial charge is 0.433 e. The van der Waals surface area contributed by atoms with E-state index in [0.717, 1.165) is 0 Å². The molecule has 1 heterocycles. The minimum Gasteiger partial charge on any atom is -0.433 e. The van der Waals surface area contributed by atoms with Gasteiger partial charge in [0, 0.05) is 18.2 Å². The van der Waals surface area contributed by atoms with Gasteiger partial charge in [0.15, 0.2) is 0 Å². The fourth-order valence-electron chi connectivity index (χ4n) is 3.61. The zero-order valence-corrected chi connectivity index (χ0v) is 19.6. The van der Waals surface area contributed by atoms with Crippen LogP contribution in [0.5, 0.6) is 5.75 Å². The zero-order chi connectivity index (χ0) is 25.0. The Hall–Kier alpha value is -3.24. The van der Waals surface area contributed by atoms with E-state index in [1.165, 1.54) is 18.2 Å². The van der Waals surface area contributed by atoms with Crippen LogP contribution in [0.3, 0.4) is 0 Å². The molecule has 1 aliphatic rings. The molecule has 0 saturated carbocycles. The van der Waals surface area contributed by atoms with Crippen molar-refractivity contribution in [2.75, 3.05) is 29.1 Å². The van der Waals surface area contributed by atoms with Gasteiger partial charge in [0.1, 0.15) is 5.75 Å². The predicted molar refractivity (Wildman–Crippen MR) is 125 cm³/mol. The van der Waals surface area contributed by atoms with Crippen molar-refractivity contribution in [2.45, 2.75) is 39.0 Å². The zero-order valence-electron chi connectivity index (χ0n) is 18.8. The number of alkyl halides is 2. The van der Waals surface area contributed by atoms with Crippen LogP contribution in [0.15, 0.2) is 42.5 Å². The standard InChI is InChI=1S/C23H25ClF2N4O4/c1-13-10-20(31)28-17-6-4-5-7-18(17)30(13)21(32)12-29(3)14(2)22(33)27-15-8-9-19(16(24)11-15)34-23(25)26/h4-9,11,13-14,23H,10,12H2,1-3H3,(H,27,33)(H,28,31)/t13-,14-/m0/s1. The number of amides is 3. The smallest absolute Gasteiger partial charge is 0.387 e. The summed E-state index contributed by atoms with van der Waals surface area (Å²) in [5.41, 5.74) is 1.44. The maximum absolute atomic E-state index is 13.2. The van der Waals surface area contributed by atoms with Gasteiger partial charge in [-0.1, -0.05) is 23.7 Å². The molecule has 0 aliphatic carbocycles. The Morgan fingerprint density at radius 2 is 2.00 bits per heavy atom. The van der Waals surface area contributed by atoms with E-state index in [2.05, 4.69) is 15.4 Å². The summed E-state index contributed by atoms with van der Waals surface area (Å²) in [5, 5.41) is 5.38. The molecule has 11 heteroatoms. The Morgan fingerprint density at radius 1 is 1.29 bits per heavy atom. The molecule has 0 saturated heterocycles. The van der Waals surface area contributed by atoms with Crippen LogP contribution in [0.1, 0.15) is 20.3 Å². The van der Waals surface area contributed by atoms with Gasteiger partial charge in [-0.05, 0) is 51.2 Å². The molecule has 2 atom stereocenters. The minimum atomic E-state index is -3.02. The van der Waals surface area contributed by atoms with E-state index >= 15 is 0 Å². The fourth-order valence-corrected chi connectivity index (χ4v) is 3.84. The Bertz CT molecular complexity index is 1080. The maximum atomic E-state index is 13.2. The summed E-state index contributed by atoms with van der Waals surface area (Å²) in [6, 6.07) is 9.89. The Labute approximate surface area is 200 Å². The minimum absolute atomic E-state index is 0.0775. The average Bonchev–Trinajstić information content (AvgIpc) is 2.88.